The number of halogens is 1. The van der Waals surface area contributed by atoms with Crippen LogP contribution < -0.4 is 62.9 Å². The summed E-state index contributed by atoms with van der Waals surface area (Å²) in [5, 5.41) is 0. The molecule has 6 N–H and O–H groups in total. The summed E-state index contributed by atoms with van der Waals surface area (Å²) in [5.74, 6) is -0.822. The molecule has 0 radical (unpaired) electrons. The minimum atomic E-state index is -0.655. The van der Waals surface area contributed by atoms with Gasteiger partial charge in [0.2, 0.25) is 11.8 Å². The van der Waals surface area contributed by atoms with Crippen molar-refractivity contribution in [2.45, 2.75) is 63.5 Å². The van der Waals surface area contributed by atoms with Crippen LogP contribution in [0.4, 0.5) is 4.39 Å². The number of para-hydroxylation sites is 2. The van der Waals surface area contributed by atoms with Crippen LogP contribution in [0.1, 0.15) is 44.2 Å². The zero-order chi connectivity index (χ0) is 41.1. The van der Waals surface area contributed by atoms with Crippen LogP contribution in [0.2, 0.25) is 0 Å². The molecule has 15 heteroatoms. The Hall–Kier alpha value is -4.13. The molecule has 0 saturated carbocycles. The number of amides is 2. The van der Waals surface area contributed by atoms with Crippen LogP contribution in [0, 0.1) is 5.82 Å². The fourth-order valence-corrected chi connectivity index (χ4v) is 9.09. The summed E-state index contributed by atoms with van der Waals surface area (Å²) < 4.78 is 25.9. The van der Waals surface area contributed by atoms with E-state index in [2.05, 4.69) is 62.0 Å². The second-order valence-corrected chi connectivity index (χ2v) is 16.5. The number of nitrogens with one attached hydrogen (secondary N) is 1. The molecule has 11 nitrogen and oxygen atoms in total. The summed E-state index contributed by atoms with van der Waals surface area (Å²) in [6.45, 7) is 2.20. The first kappa shape index (κ1) is 50.5. The summed E-state index contributed by atoms with van der Waals surface area (Å²) in [7, 11) is 0. The monoisotopic (exact) mass is 900 g/mol. The molecule has 2 saturated heterocycles. The fraction of sp³-hybridized carbons (Fsp3) is 0.234. The minimum Gasteiger partial charge on any atom is -0.870 e. The fourth-order valence-electron chi connectivity index (χ4n) is 7.34. The van der Waals surface area contributed by atoms with E-state index in [0.29, 0.717) is 52.1 Å². The van der Waals surface area contributed by atoms with Crippen molar-refractivity contribution in [3.63, 3.8) is 0 Å². The van der Waals surface area contributed by atoms with Gasteiger partial charge in [-0.2, -0.15) is 0 Å². The third-order valence-electron chi connectivity index (χ3n) is 10.7. The summed E-state index contributed by atoms with van der Waals surface area (Å²) in [6.07, 6.45) is 9.40. The normalized spacial score (nSPS) is 14.8. The van der Waals surface area contributed by atoms with Gasteiger partial charge in [-0.3, -0.25) is 14.2 Å². The van der Waals surface area contributed by atoms with Gasteiger partial charge in [0.1, 0.15) is 12.1 Å². The smallest absolute Gasteiger partial charge is 0.870 e. The van der Waals surface area contributed by atoms with Crippen molar-refractivity contribution in [3.8, 4) is 5.69 Å². The number of hydrogen-bond donors (Lipinski definition) is 3. The SMILES string of the molecule is C.NC(=O)C1(c2cccc(Sc3ccc(-n4cnc5ccccc54)cc3)c2)CCOCC1.NC(=O)C1(c2cccc(Sc3ccc(F)cc3)c2)CCOCC1.[K+].[OH-].c1c[nH]cn1. The Balaban J connectivity index is 0.000000242. The van der Waals surface area contributed by atoms with Gasteiger partial charge >= 0.3 is 51.4 Å². The number of nitrogens with two attached hydrogens (primary N) is 2. The molecular weight excluding hydrogens is 851 g/mol. The first-order valence-corrected chi connectivity index (χ1v) is 20.9. The van der Waals surface area contributed by atoms with E-state index < -0.39 is 10.8 Å². The molecule has 0 atom stereocenters. The van der Waals surface area contributed by atoms with E-state index >= 15 is 0 Å². The Morgan fingerprint density at radius 3 is 1.63 bits per heavy atom. The predicted octanol–water partition coefficient (Wildman–Crippen LogP) is 6.09. The molecule has 318 valence electrons. The number of benzene rings is 5. The maximum absolute atomic E-state index is 13.0. The molecule has 2 fully saturated rings. The van der Waals surface area contributed by atoms with Crippen LogP contribution in [0.5, 0.6) is 0 Å². The van der Waals surface area contributed by atoms with Crippen LogP contribution in [-0.2, 0) is 29.9 Å². The second-order valence-electron chi connectivity index (χ2n) is 14.2. The number of aromatic nitrogens is 4. The molecular formula is C47H50FKN6O5S2. The van der Waals surface area contributed by atoms with Gasteiger partial charge in [-0.05, 0) is 122 Å². The van der Waals surface area contributed by atoms with Crippen molar-refractivity contribution in [1.82, 2.24) is 19.5 Å². The van der Waals surface area contributed by atoms with E-state index in [-0.39, 0.29) is 81.9 Å². The number of primary amides is 2. The molecule has 5 aromatic carbocycles. The van der Waals surface area contributed by atoms with E-state index in [9.17, 15) is 14.0 Å². The van der Waals surface area contributed by atoms with Crippen molar-refractivity contribution in [1.29, 1.82) is 0 Å². The summed E-state index contributed by atoms with van der Waals surface area (Å²) in [5.41, 5.74) is 15.3. The van der Waals surface area contributed by atoms with Crippen LogP contribution in [0.25, 0.3) is 16.7 Å². The molecule has 2 aromatic heterocycles. The molecule has 2 aliphatic heterocycles. The van der Waals surface area contributed by atoms with Crippen molar-refractivity contribution in [2.75, 3.05) is 26.4 Å². The van der Waals surface area contributed by atoms with Gasteiger partial charge in [-0.1, -0.05) is 67.3 Å². The van der Waals surface area contributed by atoms with Crippen LogP contribution >= 0.6 is 23.5 Å². The summed E-state index contributed by atoms with van der Waals surface area (Å²) in [4.78, 5) is 39.5. The van der Waals surface area contributed by atoms with Crippen LogP contribution in [0.3, 0.4) is 0 Å². The Bertz CT molecular complexity index is 2440. The molecule has 4 heterocycles. The summed E-state index contributed by atoms with van der Waals surface area (Å²) in [6, 6.07) is 38.9. The average Bonchev–Trinajstić information content (AvgIpc) is 4.01. The minimum absolute atomic E-state index is 0. The number of nitrogens with zero attached hydrogens (tertiary/aromatic N) is 3. The quantitative estimate of drug-likeness (QED) is 0.145. The van der Waals surface area contributed by atoms with Gasteiger partial charge in [0.15, 0.2) is 0 Å². The largest absolute Gasteiger partial charge is 1.00 e. The number of hydrogen-bond acceptors (Lipinski definition) is 9. The molecule has 0 unspecified atom stereocenters. The number of carbonyl (C=O) groups is 2. The van der Waals surface area contributed by atoms with Crippen molar-refractivity contribution >= 4 is 46.4 Å². The van der Waals surface area contributed by atoms with Gasteiger partial charge in [0.05, 0.1) is 28.2 Å². The number of aromatic amines is 1. The van der Waals surface area contributed by atoms with Crippen molar-refractivity contribution < 1.29 is 80.3 Å². The third-order valence-corrected chi connectivity index (χ3v) is 12.7. The van der Waals surface area contributed by atoms with E-state index in [1.807, 2.05) is 60.9 Å². The van der Waals surface area contributed by atoms with Gasteiger partial charge < -0.3 is 31.4 Å². The third kappa shape index (κ3) is 12.3. The molecule has 2 aliphatic rings. The molecule has 2 amide bonds. The van der Waals surface area contributed by atoms with Gasteiger partial charge in [0.25, 0.3) is 0 Å². The maximum atomic E-state index is 13.0. The molecule has 7 aromatic rings. The number of imidazole rings is 2. The molecule has 0 aliphatic carbocycles. The molecule has 0 spiro atoms. The van der Waals surface area contributed by atoms with Gasteiger partial charge in [0, 0.05) is 64.1 Å². The molecule has 0 bridgehead atoms. The first-order chi connectivity index (χ1) is 28.8. The van der Waals surface area contributed by atoms with Crippen molar-refractivity contribution in [2.24, 2.45) is 11.5 Å². The zero-order valence-corrected chi connectivity index (χ0v) is 38.5. The predicted molar refractivity (Wildman–Crippen MR) is 238 cm³/mol. The average molecular weight is 901 g/mol. The van der Waals surface area contributed by atoms with Gasteiger partial charge in [-0.15, -0.1) is 0 Å². The summed E-state index contributed by atoms with van der Waals surface area (Å²) >= 11 is 3.21. The number of fused-ring (bicyclic) bond motifs is 1. The van der Waals surface area contributed by atoms with Crippen molar-refractivity contribution in [3.05, 3.63) is 163 Å². The van der Waals surface area contributed by atoms with E-state index in [1.54, 1.807) is 42.6 Å². The zero-order valence-electron chi connectivity index (χ0n) is 33.8. The number of carbonyl (C=O) groups excluding carboxylic acids is 2. The Labute approximate surface area is 412 Å². The van der Waals surface area contributed by atoms with E-state index in [0.717, 1.165) is 47.4 Å². The van der Waals surface area contributed by atoms with Crippen LogP contribution in [0.15, 0.2) is 166 Å². The van der Waals surface area contributed by atoms with E-state index in [4.69, 9.17) is 20.9 Å². The number of H-pyrrole nitrogens is 1. The number of rotatable bonds is 9. The van der Waals surface area contributed by atoms with E-state index in [1.165, 1.54) is 23.9 Å². The maximum Gasteiger partial charge on any atom is 1.00 e. The Morgan fingerprint density at radius 1 is 0.677 bits per heavy atom. The molecule has 62 heavy (non-hydrogen) atoms. The standard InChI is InChI=1S/C25H23N3O2S.C18H18FNO2S.C3H4N2.CH4.K.H2O/c26-24(29)25(12-14-30-15-13-25)18-4-3-5-21(16-18)31-20-10-8-19(9-11-20)28-17-27-22-6-1-2-7-23(22)28;19-14-4-6-15(7-5-14)23-16-3-1-2-13(12-16)18(17(20)21)8-10-22-11-9-18;1-2-5-3-4-1;;;/h1-11,16-17H,12-15H2,(H2,26,29);1-7,12H,8-11H2,(H2,20,21);1-3H,(H,4,5);1H4;;1H2/q;;;;+1;/p-1. The Kier molecular flexibility index (Phi) is 19.6. The topological polar surface area (TPSA) is 181 Å². The first-order valence-electron chi connectivity index (χ1n) is 19.3. The van der Waals surface area contributed by atoms with Gasteiger partial charge in [-0.25, -0.2) is 14.4 Å². The second kappa shape index (κ2) is 24.1. The Morgan fingerprint density at radius 2 is 1.18 bits per heavy atom. The van der Waals surface area contributed by atoms with Crippen LogP contribution in [-0.4, -0.2) is 63.2 Å². The molecule has 9 rings (SSSR count). The number of ether oxygens (including phenoxy) is 2.